The van der Waals surface area contributed by atoms with Crippen LogP contribution in [0, 0.1) is 17.1 Å². The highest BCUT2D eigenvalue weighted by atomic mass is 19.1. The van der Waals surface area contributed by atoms with Gasteiger partial charge in [0.15, 0.2) is 0 Å². The molecule has 2 aromatic rings. The predicted octanol–water partition coefficient (Wildman–Crippen LogP) is 1.73. The Labute approximate surface area is 115 Å². The van der Waals surface area contributed by atoms with Crippen LogP contribution in [0.5, 0.6) is 0 Å². The summed E-state index contributed by atoms with van der Waals surface area (Å²) >= 11 is 0. The summed E-state index contributed by atoms with van der Waals surface area (Å²) in [7, 11) is 0. The highest BCUT2D eigenvalue weighted by molar-refractivity contribution is 5.40. The Bertz CT molecular complexity index is 718. The standard InChI is InChI=1S/C14H13FN4O/c1-2-17-13-6-14(20)19(18-8-13)9-11-5-12(15)4-3-10(11)7-16/h3-6,8,17H,2,9H2,1H3. The Hall–Kier alpha value is -2.68. The second-order valence-electron chi connectivity index (χ2n) is 4.18. The molecule has 0 radical (unpaired) electrons. The zero-order chi connectivity index (χ0) is 14.5. The van der Waals surface area contributed by atoms with Gasteiger partial charge in [-0.3, -0.25) is 4.79 Å². The maximum absolute atomic E-state index is 13.2. The molecule has 1 heterocycles. The van der Waals surface area contributed by atoms with Crippen molar-refractivity contribution < 1.29 is 4.39 Å². The van der Waals surface area contributed by atoms with Gasteiger partial charge < -0.3 is 5.32 Å². The van der Waals surface area contributed by atoms with Crippen LogP contribution in [0.15, 0.2) is 35.3 Å². The van der Waals surface area contributed by atoms with Crippen LogP contribution in [0.25, 0.3) is 0 Å². The van der Waals surface area contributed by atoms with Gasteiger partial charge in [0.1, 0.15) is 5.82 Å². The number of nitriles is 1. The summed E-state index contributed by atoms with van der Waals surface area (Å²) in [5.74, 6) is -0.448. The highest BCUT2D eigenvalue weighted by Crippen LogP contribution is 2.11. The van der Waals surface area contributed by atoms with E-state index in [1.54, 1.807) is 0 Å². The van der Waals surface area contributed by atoms with Crippen molar-refractivity contribution in [3.63, 3.8) is 0 Å². The number of hydrogen-bond donors (Lipinski definition) is 1. The van der Waals surface area contributed by atoms with E-state index in [0.717, 1.165) is 0 Å². The third-order valence-corrected chi connectivity index (χ3v) is 2.76. The third-order valence-electron chi connectivity index (χ3n) is 2.76. The Morgan fingerprint density at radius 2 is 2.25 bits per heavy atom. The monoisotopic (exact) mass is 272 g/mol. The molecule has 0 amide bonds. The van der Waals surface area contributed by atoms with Gasteiger partial charge in [0.05, 0.1) is 30.1 Å². The molecule has 0 unspecified atom stereocenters. The first kappa shape index (κ1) is 13.7. The molecule has 1 aromatic heterocycles. The molecule has 0 atom stereocenters. The minimum atomic E-state index is -0.448. The normalized spacial score (nSPS) is 10.1. The van der Waals surface area contributed by atoms with Crippen molar-refractivity contribution >= 4 is 5.69 Å². The van der Waals surface area contributed by atoms with Gasteiger partial charge in [-0.15, -0.1) is 0 Å². The molecule has 0 saturated carbocycles. The van der Waals surface area contributed by atoms with Gasteiger partial charge in [-0.1, -0.05) is 0 Å². The first-order chi connectivity index (χ1) is 9.63. The average molecular weight is 272 g/mol. The van der Waals surface area contributed by atoms with E-state index >= 15 is 0 Å². The van der Waals surface area contributed by atoms with Gasteiger partial charge in [-0.05, 0) is 30.7 Å². The zero-order valence-electron chi connectivity index (χ0n) is 10.9. The lowest BCUT2D eigenvalue weighted by Crippen LogP contribution is -2.23. The molecule has 0 aliphatic rings. The lowest BCUT2D eigenvalue weighted by atomic mass is 10.1. The third kappa shape index (κ3) is 3.01. The molecular weight excluding hydrogens is 259 g/mol. The van der Waals surface area contributed by atoms with E-state index in [1.807, 2.05) is 13.0 Å². The molecule has 1 aromatic carbocycles. The van der Waals surface area contributed by atoms with E-state index < -0.39 is 5.82 Å². The topological polar surface area (TPSA) is 70.7 Å². The summed E-state index contributed by atoms with van der Waals surface area (Å²) in [5, 5.41) is 16.0. The summed E-state index contributed by atoms with van der Waals surface area (Å²) in [5.41, 5.74) is 1.08. The fraction of sp³-hybridized carbons (Fsp3) is 0.214. The molecule has 0 saturated heterocycles. The van der Waals surface area contributed by atoms with Crippen LogP contribution in [0.4, 0.5) is 10.1 Å². The van der Waals surface area contributed by atoms with E-state index in [2.05, 4.69) is 10.4 Å². The van der Waals surface area contributed by atoms with Gasteiger partial charge in [0.25, 0.3) is 5.56 Å². The van der Waals surface area contributed by atoms with Crippen LogP contribution < -0.4 is 10.9 Å². The maximum Gasteiger partial charge on any atom is 0.269 e. The molecule has 2 rings (SSSR count). The summed E-state index contributed by atoms with van der Waals surface area (Å²) in [6, 6.07) is 7.24. The van der Waals surface area contributed by atoms with Gasteiger partial charge in [0.2, 0.25) is 0 Å². The van der Waals surface area contributed by atoms with E-state index in [-0.39, 0.29) is 12.1 Å². The van der Waals surface area contributed by atoms with Crippen LogP contribution in [0.2, 0.25) is 0 Å². The van der Waals surface area contributed by atoms with Crippen LogP contribution in [0.1, 0.15) is 18.1 Å². The zero-order valence-corrected chi connectivity index (χ0v) is 10.9. The Morgan fingerprint density at radius 3 is 2.90 bits per heavy atom. The number of rotatable bonds is 4. The van der Waals surface area contributed by atoms with Crippen molar-refractivity contribution in [3.8, 4) is 6.07 Å². The Morgan fingerprint density at radius 1 is 1.45 bits per heavy atom. The lowest BCUT2D eigenvalue weighted by molar-refractivity contribution is 0.610. The first-order valence-electron chi connectivity index (χ1n) is 6.13. The molecule has 0 fully saturated rings. The van der Waals surface area contributed by atoms with Crippen LogP contribution in [-0.2, 0) is 6.54 Å². The van der Waals surface area contributed by atoms with Crippen LogP contribution >= 0.6 is 0 Å². The second-order valence-corrected chi connectivity index (χ2v) is 4.18. The SMILES string of the molecule is CCNc1cnn(Cc2cc(F)ccc2C#N)c(=O)c1. The Kier molecular flexibility index (Phi) is 4.11. The molecule has 5 nitrogen and oxygen atoms in total. The molecule has 0 aliphatic carbocycles. The minimum Gasteiger partial charge on any atom is -0.384 e. The molecule has 0 aliphatic heterocycles. The van der Waals surface area contributed by atoms with Crippen LogP contribution in [0.3, 0.4) is 0 Å². The second kappa shape index (κ2) is 5.97. The molecule has 6 heteroatoms. The number of benzene rings is 1. The molecule has 1 N–H and O–H groups in total. The van der Waals surface area contributed by atoms with Gasteiger partial charge in [-0.25, -0.2) is 9.07 Å². The van der Waals surface area contributed by atoms with Gasteiger partial charge in [-0.2, -0.15) is 10.4 Å². The van der Waals surface area contributed by atoms with E-state index in [9.17, 15) is 9.18 Å². The van der Waals surface area contributed by atoms with Crippen molar-refractivity contribution in [2.45, 2.75) is 13.5 Å². The summed E-state index contributed by atoms with van der Waals surface area (Å²) < 4.78 is 14.4. The average Bonchev–Trinajstić information content (AvgIpc) is 2.42. The predicted molar refractivity (Wildman–Crippen MR) is 72.9 cm³/mol. The van der Waals surface area contributed by atoms with Crippen molar-refractivity contribution in [1.82, 2.24) is 9.78 Å². The number of anilines is 1. The summed E-state index contributed by atoms with van der Waals surface area (Å²) in [6.45, 7) is 2.66. The number of nitrogens with one attached hydrogen (secondary N) is 1. The van der Waals surface area contributed by atoms with Crippen molar-refractivity contribution in [2.75, 3.05) is 11.9 Å². The largest absolute Gasteiger partial charge is 0.384 e. The molecule has 20 heavy (non-hydrogen) atoms. The van der Waals surface area contributed by atoms with Gasteiger partial charge >= 0.3 is 0 Å². The maximum atomic E-state index is 13.2. The molecule has 0 bridgehead atoms. The number of aromatic nitrogens is 2. The van der Waals surface area contributed by atoms with E-state index in [0.29, 0.717) is 23.4 Å². The quantitative estimate of drug-likeness (QED) is 0.920. The first-order valence-corrected chi connectivity index (χ1v) is 6.13. The fourth-order valence-electron chi connectivity index (χ4n) is 1.82. The lowest BCUT2D eigenvalue weighted by Gasteiger charge is -2.08. The molecule has 102 valence electrons. The Balaban J connectivity index is 2.33. The smallest absolute Gasteiger partial charge is 0.269 e. The summed E-state index contributed by atoms with van der Waals surface area (Å²) in [6.07, 6.45) is 1.52. The van der Waals surface area contributed by atoms with Crippen molar-refractivity contribution in [2.24, 2.45) is 0 Å². The number of halogens is 1. The highest BCUT2D eigenvalue weighted by Gasteiger charge is 2.07. The van der Waals surface area contributed by atoms with E-state index in [1.165, 1.54) is 35.1 Å². The van der Waals surface area contributed by atoms with Crippen molar-refractivity contribution in [1.29, 1.82) is 5.26 Å². The number of hydrogen-bond acceptors (Lipinski definition) is 4. The van der Waals surface area contributed by atoms with Crippen LogP contribution in [-0.4, -0.2) is 16.3 Å². The minimum absolute atomic E-state index is 0.0614. The molecular formula is C14H13FN4O. The number of nitrogens with zero attached hydrogens (tertiary/aromatic N) is 3. The fourth-order valence-corrected chi connectivity index (χ4v) is 1.82. The summed E-state index contributed by atoms with van der Waals surface area (Å²) in [4.78, 5) is 11.9. The van der Waals surface area contributed by atoms with Gasteiger partial charge in [0, 0.05) is 12.6 Å². The van der Waals surface area contributed by atoms with E-state index in [4.69, 9.17) is 5.26 Å². The molecule has 0 spiro atoms. The van der Waals surface area contributed by atoms with Crippen molar-refractivity contribution in [3.05, 3.63) is 57.8 Å².